The molecular formula is C17H13N3O. The van der Waals surface area contributed by atoms with Gasteiger partial charge in [-0.25, -0.2) is 0 Å². The highest BCUT2D eigenvalue weighted by atomic mass is 16.5. The number of nitrogens with zero attached hydrogens (tertiary/aromatic N) is 2. The first-order valence-electron chi connectivity index (χ1n) is 6.35. The average Bonchev–Trinajstić information content (AvgIpc) is 2.56. The standard InChI is InChI=1S/C17H13N3O/c18-10-15(11-19)12-20-16-8-6-14(7-9-16)13-21-17-4-2-1-3-5-17/h1-9,12,20H,13H2. The molecule has 0 spiro atoms. The van der Waals surface area contributed by atoms with E-state index in [0.29, 0.717) is 6.61 Å². The summed E-state index contributed by atoms with van der Waals surface area (Å²) in [6, 6.07) is 20.8. The molecule has 0 aromatic heterocycles. The third kappa shape index (κ3) is 4.41. The number of hydrogen-bond acceptors (Lipinski definition) is 4. The fraction of sp³-hybridized carbons (Fsp3) is 0.0588. The maximum atomic E-state index is 8.63. The summed E-state index contributed by atoms with van der Waals surface area (Å²) in [5, 5.41) is 20.2. The minimum atomic E-state index is 0.0338. The molecule has 102 valence electrons. The highest BCUT2D eigenvalue weighted by Crippen LogP contribution is 2.14. The van der Waals surface area contributed by atoms with Crippen molar-refractivity contribution in [2.45, 2.75) is 6.61 Å². The van der Waals surface area contributed by atoms with E-state index in [1.807, 2.05) is 54.6 Å². The van der Waals surface area contributed by atoms with Crippen molar-refractivity contribution in [3.8, 4) is 17.9 Å². The Bertz CT molecular complexity index is 676. The number of nitriles is 2. The lowest BCUT2D eigenvalue weighted by Gasteiger charge is -2.07. The van der Waals surface area contributed by atoms with Gasteiger partial charge >= 0.3 is 0 Å². The highest BCUT2D eigenvalue weighted by Gasteiger charge is 1.97. The molecule has 0 unspecified atom stereocenters. The summed E-state index contributed by atoms with van der Waals surface area (Å²) >= 11 is 0. The average molecular weight is 275 g/mol. The van der Waals surface area contributed by atoms with E-state index in [4.69, 9.17) is 15.3 Å². The smallest absolute Gasteiger partial charge is 0.145 e. The van der Waals surface area contributed by atoms with Crippen molar-refractivity contribution < 1.29 is 4.74 Å². The SMILES string of the molecule is N#CC(C#N)=CNc1ccc(COc2ccccc2)cc1. The second kappa shape index (κ2) is 7.37. The van der Waals surface area contributed by atoms with Gasteiger partial charge in [-0.05, 0) is 29.8 Å². The van der Waals surface area contributed by atoms with Crippen LogP contribution in [0.15, 0.2) is 66.4 Å². The topological polar surface area (TPSA) is 68.8 Å². The van der Waals surface area contributed by atoms with Gasteiger partial charge in [0.05, 0.1) is 0 Å². The van der Waals surface area contributed by atoms with Crippen LogP contribution in [-0.2, 0) is 6.61 Å². The summed E-state index contributed by atoms with van der Waals surface area (Å²) in [7, 11) is 0. The van der Waals surface area contributed by atoms with Gasteiger partial charge in [0, 0.05) is 11.9 Å². The molecule has 0 bridgehead atoms. The summed E-state index contributed by atoms with van der Waals surface area (Å²) in [4.78, 5) is 0. The van der Waals surface area contributed by atoms with Gasteiger partial charge in [-0.1, -0.05) is 30.3 Å². The van der Waals surface area contributed by atoms with Crippen molar-refractivity contribution in [1.29, 1.82) is 10.5 Å². The van der Waals surface area contributed by atoms with E-state index in [1.54, 1.807) is 12.1 Å². The molecule has 2 rings (SSSR count). The Labute approximate surface area is 123 Å². The minimum absolute atomic E-state index is 0.0338. The van der Waals surface area contributed by atoms with Crippen molar-refractivity contribution in [1.82, 2.24) is 0 Å². The number of benzene rings is 2. The molecule has 2 aromatic rings. The molecule has 0 saturated heterocycles. The molecule has 0 aliphatic carbocycles. The predicted octanol–water partition coefficient (Wildman–Crippen LogP) is 3.61. The molecule has 0 heterocycles. The lowest BCUT2D eigenvalue weighted by Crippen LogP contribution is -1.96. The van der Waals surface area contributed by atoms with Crippen LogP contribution in [0.4, 0.5) is 5.69 Å². The number of hydrogen-bond donors (Lipinski definition) is 1. The van der Waals surface area contributed by atoms with E-state index in [1.165, 1.54) is 6.20 Å². The second-order valence-corrected chi connectivity index (χ2v) is 4.22. The van der Waals surface area contributed by atoms with Crippen LogP contribution in [0.2, 0.25) is 0 Å². The summed E-state index contributed by atoms with van der Waals surface area (Å²) < 4.78 is 5.65. The number of allylic oxidation sites excluding steroid dienone is 1. The number of ether oxygens (including phenoxy) is 1. The molecule has 2 aromatic carbocycles. The molecule has 0 amide bonds. The molecule has 0 aliphatic heterocycles. The van der Waals surface area contributed by atoms with Gasteiger partial charge in [0.25, 0.3) is 0 Å². The molecular weight excluding hydrogens is 262 g/mol. The maximum absolute atomic E-state index is 8.63. The van der Waals surface area contributed by atoms with Gasteiger partial charge < -0.3 is 10.1 Å². The summed E-state index contributed by atoms with van der Waals surface area (Å²) in [6.07, 6.45) is 1.38. The number of para-hydroxylation sites is 1. The molecule has 0 fully saturated rings. The van der Waals surface area contributed by atoms with Crippen LogP contribution in [0.3, 0.4) is 0 Å². The molecule has 0 atom stereocenters. The van der Waals surface area contributed by atoms with Crippen LogP contribution < -0.4 is 10.1 Å². The Balaban J connectivity index is 1.92. The van der Waals surface area contributed by atoms with Crippen molar-refractivity contribution in [3.05, 3.63) is 71.9 Å². The van der Waals surface area contributed by atoms with Gasteiger partial charge in [-0.2, -0.15) is 10.5 Å². The molecule has 4 nitrogen and oxygen atoms in total. The molecule has 0 saturated carbocycles. The summed E-state index contributed by atoms with van der Waals surface area (Å²) in [6.45, 7) is 0.488. The number of rotatable bonds is 5. The molecule has 21 heavy (non-hydrogen) atoms. The highest BCUT2D eigenvalue weighted by molar-refractivity contribution is 5.50. The van der Waals surface area contributed by atoms with Gasteiger partial charge in [0.1, 0.15) is 30.1 Å². The summed E-state index contributed by atoms with van der Waals surface area (Å²) in [5.41, 5.74) is 1.88. The zero-order chi connectivity index (χ0) is 14.9. The quantitative estimate of drug-likeness (QED) is 0.846. The van der Waals surface area contributed by atoms with Crippen molar-refractivity contribution in [2.24, 2.45) is 0 Å². The Morgan fingerprint density at radius 1 is 1.00 bits per heavy atom. The zero-order valence-electron chi connectivity index (χ0n) is 11.3. The predicted molar refractivity (Wildman–Crippen MR) is 80.1 cm³/mol. The van der Waals surface area contributed by atoms with E-state index in [0.717, 1.165) is 17.0 Å². The Morgan fingerprint density at radius 3 is 2.29 bits per heavy atom. The van der Waals surface area contributed by atoms with E-state index in [9.17, 15) is 0 Å². The maximum Gasteiger partial charge on any atom is 0.145 e. The van der Waals surface area contributed by atoms with Crippen LogP contribution >= 0.6 is 0 Å². The lowest BCUT2D eigenvalue weighted by atomic mass is 10.2. The number of anilines is 1. The molecule has 0 aliphatic rings. The first-order chi connectivity index (χ1) is 10.3. The van der Waals surface area contributed by atoms with Gasteiger partial charge in [-0.15, -0.1) is 0 Å². The largest absolute Gasteiger partial charge is 0.489 e. The summed E-state index contributed by atoms with van der Waals surface area (Å²) in [5.74, 6) is 0.829. The van der Waals surface area contributed by atoms with Crippen LogP contribution in [0.5, 0.6) is 5.75 Å². The zero-order valence-corrected chi connectivity index (χ0v) is 11.3. The Kier molecular flexibility index (Phi) is 4.98. The van der Waals surface area contributed by atoms with E-state index in [2.05, 4.69) is 5.32 Å². The van der Waals surface area contributed by atoms with E-state index in [-0.39, 0.29) is 5.57 Å². The molecule has 0 radical (unpaired) electrons. The third-order valence-corrected chi connectivity index (χ3v) is 2.73. The van der Waals surface area contributed by atoms with Gasteiger partial charge in [-0.3, -0.25) is 0 Å². The van der Waals surface area contributed by atoms with Crippen molar-refractivity contribution >= 4 is 5.69 Å². The van der Waals surface area contributed by atoms with Gasteiger partial charge in [0.2, 0.25) is 0 Å². The first-order valence-corrected chi connectivity index (χ1v) is 6.35. The second-order valence-electron chi connectivity index (χ2n) is 4.22. The molecule has 4 heteroatoms. The normalized spacial score (nSPS) is 9.05. The Hall–Kier alpha value is -3.24. The monoisotopic (exact) mass is 275 g/mol. The minimum Gasteiger partial charge on any atom is -0.489 e. The van der Waals surface area contributed by atoms with Crippen LogP contribution in [0.1, 0.15) is 5.56 Å². The Morgan fingerprint density at radius 2 is 1.67 bits per heavy atom. The van der Waals surface area contributed by atoms with Crippen molar-refractivity contribution in [2.75, 3.05) is 5.32 Å². The van der Waals surface area contributed by atoms with E-state index >= 15 is 0 Å². The number of nitrogens with one attached hydrogen (secondary N) is 1. The van der Waals surface area contributed by atoms with Crippen LogP contribution in [0.25, 0.3) is 0 Å². The van der Waals surface area contributed by atoms with E-state index < -0.39 is 0 Å². The van der Waals surface area contributed by atoms with Crippen LogP contribution in [0, 0.1) is 22.7 Å². The van der Waals surface area contributed by atoms with Crippen molar-refractivity contribution in [3.63, 3.8) is 0 Å². The molecule has 1 N–H and O–H groups in total. The fourth-order valence-electron chi connectivity index (χ4n) is 1.63. The fourth-order valence-corrected chi connectivity index (χ4v) is 1.63. The first kappa shape index (κ1) is 14.2. The third-order valence-electron chi connectivity index (χ3n) is 2.73. The lowest BCUT2D eigenvalue weighted by molar-refractivity contribution is 0.306. The van der Waals surface area contributed by atoms with Gasteiger partial charge in [0.15, 0.2) is 0 Å². The van der Waals surface area contributed by atoms with Crippen LogP contribution in [-0.4, -0.2) is 0 Å².